The number of benzene rings is 2. The van der Waals surface area contributed by atoms with E-state index in [0.717, 1.165) is 18.2 Å². The van der Waals surface area contributed by atoms with Crippen molar-refractivity contribution >= 4 is 22.7 Å². The summed E-state index contributed by atoms with van der Waals surface area (Å²) in [5.74, 6) is -1.47. The largest absolute Gasteiger partial charge is 0.397 e. The van der Waals surface area contributed by atoms with Crippen molar-refractivity contribution in [1.82, 2.24) is 0 Å². The summed E-state index contributed by atoms with van der Waals surface area (Å²) in [5.41, 5.74) is 5.89. The first kappa shape index (κ1) is 12.7. The number of nitro benzene ring substituents is 1. The van der Waals surface area contributed by atoms with E-state index in [-0.39, 0.29) is 17.1 Å². The number of anilines is 3. The highest BCUT2D eigenvalue weighted by Crippen LogP contribution is 2.28. The lowest BCUT2D eigenvalue weighted by Gasteiger charge is -2.09. The number of non-ortho nitro benzene ring substituents is 1. The molecule has 0 fully saturated rings. The maximum Gasteiger partial charge on any atom is 0.271 e. The van der Waals surface area contributed by atoms with Crippen LogP contribution in [0.2, 0.25) is 0 Å². The molecule has 0 unspecified atom stereocenters. The molecule has 2 aromatic carbocycles. The Morgan fingerprint density at radius 3 is 2.37 bits per heavy atom. The second-order valence-corrected chi connectivity index (χ2v) is 3.78. The van der Waals surface area contributed by atoms with Gasteiger partial charge in [0.25, 0.3) is 5.69 Å². The molecule has 0 saturated carbocycles. The van der Waals surface area contributed by atoms with E-state index in [2.05, 4.69) is 5.32 Å². The van der Waals surface area contributed by atoms with Gasteiger partial charge in [0.05, 0.1) is 22.0 Å². The fourth-order valence-electron chi connectivity index (χ4n) is 1.51. The fraction of sp³-hybridized carbons (Fsp3) is 0. The van der Waals surface area contributed by atoms with Crippen LogP contribution >= 0.6 is 0 Å². The van der Waals surface area contributed by atoms with Gasteiger partial charge in [0.15, 0.2) is 0 Å². The number of hydrogen-bond acceptors (Lipinski definition) is 4. The number of halogens is 2. The molecule has 0 saturated heterocycles. The average Bonchev–Trinajstić information content (AvgIpc) is 2.34. The summed E-state index contributed by atoms with van der Waals surface area (Å²) in [7, 11) is 0. The summed E-state index contributed by atoms with van der Waals surface area (Å²) in [6.45, 7) is 0. The van der Waals surface area contributed by atoms with E-state index in [1.807, 2.05) is 0 Å². The number of nitrogens with zero attached hydrogens (tertiary/aromatic N) is 1. The monoisotopic (exact) mass is 265 g/mol. The van der Waals surface area contributed by atoms with Gasteiger partial charge in [-0.25, -0.2) is 8.78 Å². The topological polar surface area (TPSA) is 81.2 Å². The van der Waals surface area contributed by atoms with E-state index in [9.17, 15) is 18.9 Å². The Morgan fingerprint density at radius 2 is 1.79 bits per heavy atom. The third-order valence-corrected chi connectivity index (χ3v) is 2.45. The summed E-state index contributed by atoms with van der Waals surface area (Å²) < 4.78 is 26.2. The molecule has 0 radical (unpaired) electrons. The predicted molar refractivity (Wildman–Crippen MR) is 67.1 cm³/mol. The minimum Gasteiger partial charge on any atom is -0.397 e. The standard InChI is InChI=1S/C12H9F2N3O2/c13-7-1-3-11(9(14)5-7)16-12-4-2-8(17(18)19)6-10(12)15/h1-6,16H,15H2. The second-order valence-electron chi connectivity index (χ2n) is 3.78. The zero-order valence-electron chi connectivity index (χ0n) is 9.56. The van der Waals surface area contributed by atoms with Crippen LogP contribution in [0.25, 0.3) is 0 Å². The van der Waals surface area contributed by atoms with Crippen LogP contribution in [-0.2, 0) is 0 Å². The van der Waals surface area contributed by atoms with Gasteiger partial charge in [-0.1, -0.05) is 0 Å². The van der Waals surface area contributed by atoms with E-state index in [1.165, 1.54) is 18.2 Å². The number of hydrogen-bond donors (Lipinski definition) is 2. The minimum absolute atomic E-state index is 0.0296. The van der Waals surface area contributed by atoms with Gasteiger partial charge in [-0.05, 0) is 18.2 Å². The lowest BCUT2D eigenvalue weighted by molar-refractivity contribution is -0.384. The molecule has 19 heavy (non-hydrogen) atoms. The molecule has 0 spiro atoms. The summed E-state index contributed by atoms with van der Waals surface area (Å²) in [5, 5.41) is 13.2. The van der Waals surface area contributed by atoms with E-state index in [1.54, 1.807) is 0 Å². The van der Waals surface area contributed by atoms with Crippen molar-refractivity contribution in [2.45, 2.75) is 0 Å². The predicted octanol–water partition coefficient (Wildman–Crippen LogP) is 3.20. The first-order chi connectivity index (χ1) is 8.97. The van der Waals surface area contributed by atoms with Crippen LogP contribution < -0.4 is 11.1 Å². The van der Waals surface area contributed by atoms with Gasteiger partial charge in [0.1, 0.15) is 11.6 Å². The van der Waals surface area contributed by atoms with Crippen molar-refractivity contribution in [1.29, 1.82) is 0 Å². The molecule has 2 rings (SSSR count). The van der Waals surface area contributed by atoms with Gasteiger partial charge in [-0.15, -0.1) is 0 Å². The maximum absolute atomic E-state index is 13.4. The van der Waals surface area contributed by atoms with Crippen LogP contribution in [-0.4, -0.2) is 4.92 Å². The summed E-state index contributed by atoms with van der Waals surface area (Å²) >= 11 is 0. The molecule has 2 aromatic rings. The smallest absolute Gasteiger partial charge is 0.271 e. The number of nitrogen functional groups attached to an aromatic ring is 1. The zero-order chi connectivity index (χ0) is 14.0. The first-order valence-corrected chi connectivity index (χ1v) is 5.23. The van der Waals surface area contributed by atoms with Gasteiger partial charge in [0.2, 0.25) is 0 Å². The zero-order valence-corrected chi connectivity index (χ0v) is 9.56. The molecule has 0 aliphatic rings. The van der Waals surface area contributed by atoms with Gasteiger partial charge < -0.3 is 11.1 Å². The van der Waals surface area contributed by atoms with Crippen molar-refractivity contribution in [2.75, 3.05) is 11.1 Å². The third kappa shape index (κ3) is 2.76. The molecule has 0 heterocycles. The number of rotatable bonds is 3. The summed E-state index contributed by atoms with van der Waals surface area (Å²) in [4.78, 5) is 9.96. The molecule has 0 atom stereocenters. The van der Waals surface area contributed by atoms with Gasteiger partial charge in [0, 0.05) is 18.2 Å². The highest BCUT2D eigenvalue weighted by Gasteiger charge is 2.10. The quantitative estimate of drug-likeness (QED) is 0.507. The third-order valence-electron chi connectivity index (χ3n) is 2.45. The molecule has 0 aliphatic heterocycles. The molecule has 0 aromatic heterocycles. The molecular formula is C12H9F2N3O2. The molecule has 7 heteroatoms. The second kappa shape index (κ2) is 4.89. The van der Waals surface area contributed by atoms with Crippen LogP contribution in [0.15, 0.2) is 36.4 Å². The van der Waals surface area contributed by atoms with Gasteiger partial charge >= 0.3 is 0 Å². The Balaban J connectivity index is 2.31. The molecule has 3 N–H and O–H groups in total. The van der Waals surface area contributed by atoms with Crippen molar-refractivity contribution in [2.24, 2.45) is 0 Å². The van der Waals surface area contributed by atoms with Crippen LogP contribution in [0.3, 0.4) is 0 Å². The van der Waals surface area contributed by atoms with Crippen molar-refractivity contribution in [3.05, 3.63) is 58.1 Å². The van der Waals surface area contributed by atoms with Crippen molar-refractivity contribution in [3.8, 4) is 0 Å². The number of nitrogens with two attached hydrogens (primary N) is 1. The summed E-state index contributed by atoms with van der Waals surface area (Å²) in [6, 6.07) is 6.78. The van der Waals surface area contributed by atoms with E-state index in [0.29, 0.717) is 5.69 Å². The highest BCUT2D eigenvalue weighted by molar-refractivity contribution is 5.74. The minimum atomic E-state index is -0.780. The average molecular weight is 265 g/mol. The van der Waals surface area contributed by atoms with E-state index < -0.39 is 16.6 Å². The lowest BCUT2D eigenvalue weighted by atomic mass is 10.2. The lowest BCUT2D eigenvalue weighted by Crippen LogP contribution is -1.99. The first-order valence-electron chi connectivity index (χ1n) is 5.23. The molecule has 0 aliphatic carbocycles. The Kier molecular flexibility index (Phi) is 3.28. The van der Waals surface area contributed by atoms with Crippen molar-refractivity contribution in [3.63, 3.8) is 0 Å². The Hall–Kier alpha value is -2.70. The molecular weight excluding hydrogens is 256 g/mol. The Labute approximate surface area is 106 Å². The van der Waals surface area contributed by atoms with Crippen LogP contribution in [0.5, 0.6) is 0 Å². The molecule has 98 valence electrons. The highest BCUT2D eigenvalue weighted by atomic mass is 19.1. The van der Waals surface area contributed by atoms with Crippen LogP contribution in [0.1, 0.15) is 0 Å². The molecule has 5 nitrogen and oxygen atoms in total. The van der Waals surface area contributed by atoms with Gasteiger partial charge in [-0.3, -0.25) is 10.1 Å². The number of nitrogens with one attached hydrogen (secondary N) is 1. The maximum atomic E-state index is 13.4. The fourth-order valence-corrected chi connectivity index (χ4v) is 1.51. The van der Waals surface area contributed by atoms with Gasteiger partial charge in [-0.2, -0.15) is 0 Å². The molecule has 0 amide bonds. The summed E-state index contributed by atoms with van der Waals surface area (Å²) in [6.07, 6.45) is 0. The van der Waals surface area contributed by atoms with Crippen LogP contribution in [0.4, 0.5) is 31.5 Å². The Morgan fingerprint density at radius 1 is 1.11 bits per heavy atom. The van der Waals surface area contributed by atoms with Crippen molar-refractivity contribution < 1.29 is 13.7 Å². The number of nitro groups is 1. The van der Waals surface area contributed by atoms with E-state index in [4.69, 9.17) is 5.73 Å². The normalized spacial score (nSPS) is 10.2. The SMILES string of the molecule is Nc1cc([N+](=O)[O-])ccc1Nc1ccc(F)cc1F. The van der Waals surface area contributed by atoms with E-state index >= 15 is 0 Å². The molecule has 0 bridgehead atoms. The Bertz CT molecular complexity index is 647. The van der Waals surface area contributed by atoms with Crippen LogP contribution in [0, 0.1) is 21.7 Å².